The van der Waals surface area contributed by atoms with Crippen molar-refractivity contribution < 1.29 is 37.3 Å². The van der Waals surface area contributed by atoms with Gasteiger partial charge < -0.3 is 27.9 Å². The molecule has 0 aromatic heterocycles. The van der Waals surface area contributed by atoms with Crippen LogP contribution in [0.4, 0.5) is 0 Å². The summed E-state index contributed by atoms with van der Waals surface area (Å²) >= 11 is 0. The molecule has 0 aliphatic carbocycles. The first-order valence-corrected chi connectivity index (χ1v) is 32.0. The van der Waals surface area contributed by atoms with E-state index >= 15 is 0 Å². The van der Waals surface area contributed by atoms with Crippen LogP contribution in [0.2, 0.25) is 0 Å². The summed E-state index contributed by atoms with van der Waals surface area (Å²) in [6, 6.07) is 0. The molecule has 9 heteroatoms. The molecule has 0 aromatic rings. The highest BCUT2D eigenvalue weighted by Gasteiger charge is 2.20. The molecule has 0 amide bonds. The molecule has 0 heterocycles. The normalized spacial score (nSPS) is 13.5. The lowest BCUT2D eigenvalue weighted by Gasteiger charge is -2.28. The number of nitrogens with zero attached hydrogens (tertiary/aromatic N) is 1. The minimum Gasteiger partial charge on any atom is -0.756 e. The van der Waals surface area contributed by atoms with Gasteiger partial charge in [-0.1, -0.05) is 276 Å². The summed E-state index contributed by atoms with van der Waals surface area (Å²) in [5.74, 6) is -0.325. The number of allylic oxidation sites excluding steroid dienone is 4. The standard InChI is InChI=1S/C61H120NO7P/c1-6-8-10-12-14-16-18-20-22-24-26-28-30-31-32-33-35-37-39-41-43-45-47-49-51-53-56-66-58-60(59-68-70(64,65)67-57-55-62(3,4)5)69-61(63)54-52-50-48-46-44-42-40-38-36-34-29-27-25-23-21-19-17-15-13-11-9-7-2/h18,20,24,26,60H,6-17,19,21-23,25,27-59H2,1-5H3/b20-18-,26-24-. The van der Waals surface area contributed by atoms with E-state index in [1.165, 1.54) is 244 Å². The van der Waals surface area contributed by atoms with E-state index < -0.39 is 13.9 Å². The SMILES string of the molecule is CCCCCCC/C=C\C/C=C\CCCCCCCCCCCCCCCCOCC(COP(=O)([O-])OCC[N+](C)(C)C)OC(=O)CCCCCCCCCCCCCCCCCCCCCCCC. The van der Waals surface area contributed by atoms with E-state index in [-0.39, 0.29) is 25.8 Å². The van der Waals surface area contributed by atoms with Crippen molar-refractivity contribution in [1.29, 1.82) is 0 Å². The third-order valence-electron chi connectivity index (χ3n) is 13.8. The Balaban J connectivity index is 4.00. The predicted octanol–water partition coefficient (Wildman–Crippen LogP) is 18.8. The Kier molecular flexibility index (Phi) is 53.5. The maximum Gasteiger partial charge on any atom is 0.306 e. The number of esters is 1. The highest BCUT2D eigenvalue weighted by Crippen LogP contribution is 2.38. The monoisotopic (exact) mass is 1010 g/mol. The zero-order valence-corrected chi connectivity index (χ0v) is 48.4. The van der Waals surface area contributed by atoms with Crippen molar-refractivity contribution in [3.05, 3.63) is 24.3 Å². The second-order valence-corrected chi connectivity index (χ2v) is 23.5. The Labute approximate surface area is 436 Å². The van der Waals surface area contributed by atoms with Crippen molar-refractivity contribution >= 4 is 13.8 Å². The van der Waals surface area contributed by atoms with Gasteiger partial charge in [0.2, 0.25) is 0 Å². The third kappa shape index (κ3) is 57.9. The lowest BCUT2D eigenvalue weighted by atomic mass is 10.0. The van der Waals surface area contributed by atoms with Gasteiger partial charge in [0.25, 0.3) is 7.82 Å². The Morgan fingerprint density at radius 1 is 0.443 bits per heavy atom. The molecule has 2 unspecified atom stereocenters. The number of carbonyl (C=O) groups excluding carboxylic acids is 1. The minimum absolute atomic E-state index is 0.0293. The largest absolute Gasteiger partial charge is 0.756 e. The van der Waals surface area contributed by atoms with Crippen LogP contribution in [0.15, 0.2) is 24.3 Å². The fourth-order valence-electron chi connectivity index (χ4n) is 9.05. The van der Waals surface area contributed by atoms with Crippen LogP contribution in [0.1, 0.15) is 303 Å². The van der Waals surface area contributed by atoms with Crippen LogP contribution in [0.3, 0.4) is 0 Å². The van der Waals surface area contributed by atoms with Crippen LogP contribution >= 0.6 is 7.82 Å². The maximum absolute atomic E-state index is 12.8. The summed E-state index contributed by atoms with van der Waals surface area (Å²) in [5.41, 5.74) is 0. The zero-order chi connectivity index (χ0) is 51.2. The van der Waals surface area contributed by atoms with Crippen LogP contribution in [-0.4, -0.2) is 70.7 Å². The van der Waals surface area contributed by atoms with Gasteiger partial charge in [0.1, 0.15) is 19.3 Å². The third-order valence-corrected chi connectivity index (χ3v) is 14.7. The van der Waals surface area contributed by atoms with Crippen molar-refractivity contribution in [3.8, 4) is 0 Å². The summed E-state index contributed by atoms with van der Waals surface area (Å²) in [5, 5.41) is 0. The molecule has 0 spiro atoms. The van der Waals surface area contributed by atoms with Crippen molar-refractivity contribution in [1.82, 2.24) is 0 Å². The molecule has 70 heavy (non-hydrogen) atoms. The highest BCUT2D eigenvalue weighted by molar-refractivity contribution is 7.45. The molecule has 416 valence electrons. The summed E-state index contributed by atoms with van der Waals surface area (Å²) < 4.78 is 34.9. The van der Waals surface area contributed by atoms with Crippen molar-refractivity contribution in [2.45, 2.75) is 309 Å². The van der Waals surface area contributed by atoms with E-state index in [4.69, 9.17) is 18.5 Å². The number of hydrogen-bond acceptors (Lipinski definition) is 7. The number of quaternary nitrogens is 1. The summed E-state index contributed by atoms with van der Waals surface area (Å²) in [6.07, 6.45) is 66.6. The fourth-order valence-corrected chi connectivity index (χ4v) is 9.78. The quantitative estimate of drug-likeness (QED) is 0.0197. The Hall–Kier alpha value is -1.02. The molecule has 0 saturated carbocycles. The number of phosphoric ester groups is 1. The van der Waals surface area contributed by atoms with Gasteiger partial charge in [0, 0.05) is 13.0 Å². The lowest BCUT2D eigenvalue weighted by molar-refractivity contribution is -0.870. The van der Waals surface area contributed by atoms with Crippen LogP contribution in [0.25, 0.3) is 0 Å². The van der Waals surface area contributed by atoms with Gasteiger partial charge in [-0.05, 0) is 44.9 Å². The molecule has 0 fully saturated rings. The first-order chi connectivity index (χ1) is 34.1. The lowest BCUT2D eigenvalue weighted by Crippen LogP contribution is -2.37. The van der Waals surface area contributed by atoms with Gasteiger partial charge in [-0.3, -0.25) is 9.36 Å². The van der Waals surface area contributed by atoms with Crippen LogP contribution in [0, 0.1) is 0 Å². The molecule has 2 atom stereocenters. The summed E-state index contributed by atoms with van der Waals surface area (Å²) in [6.45, 7) is 5.48. The topological polar surface area (TPSA) is 94.1 Å². The van der Waals surface area contributed by atoms with Crippen LogP contribution in [-0.2, 0) is 27.9 Å². The molecule has 0 aromatic carbocycles. The van der Waals surface area contributed by atoms with Gasteiger partial charge in [-0.25, -0.2) is 0 Å². The molecule has 0 aliphatic rings. The molecule has 0 N–H and O–H groups in total. The highest BCUT2D eigenvalue weighted by atomic mass is 31.2. The second-order valence-electron chi connectivity index (χ2n) is 22.1. The molecular formula is C61H120NO7P. The molecule has 0 bridgehead atoms. The van der Waals surface area contributed by atoms with E-state index in [0.717, 1.165) is 38.5 Å². The van der Waals surface area contributed by atoms with Crippen molar-refractivity contribution in [3.63, 3.8) is 0 Å². The number of hydrogen-bond donors (Lipinski definition) is 0. The van der Waals surface area contributed by atoms with Gasteiger partial charge in [0.15, 0.2) is 0 Å². The van der Waals surface area contributed by atoms with Crippen LogP contribution in [0.5, 0.6) is 0 Å². The average Bonchev–Trinajstić information content (AvgIpc) is 3.32. The summed E-state index contributed by atoms with van der Waals surface area (Å²) in [7, 11) is 1.38. The number of likely N-dealkylation sites (N-methyl/N-ethyl adjacent to an activating group) is 1. The Bertz CT molecular complexity index is 1170. The molecule has 0 saturated heterocycles. The summed E-state index contributed by atoms with van der Waals surface area (Å²) in [4.78, 5) is 25.3. The molecule has 0 radical (unpaired) electrons. The van der Waals surface area contributed by atoms with Crippen LogP contribution < -0.4 is 4.89 Å². The second kappa shape index (κ2) is 54.2. The molecule has 0 aliphatic heterocycles. The van der Waals surface area contributed by atoms with Crippen molar-refractivity contribution in [2.24, 2.45) is 0 Å². The van der Waals surface area contributed by atoms with E-state index in [0.29, 0.717) is 24.1 Å². The fraction of sp³-hybridized carbons (Fsp3) is 0.918. The average molecular weight is 1010 g/mol. The number of carbonyl (C=O) groups is 1. The van der Waals surface area contributed by atoms with Crippen molar-refractivity contribution in [2.75, 3.05) is 54.1 Å². The molecular weight excluding hydrogens is 890 g/mol. The first kappa shape index (κ1) is 69.0. The van der Waals surface area contributed by atoms with E-state index in [9.17, 15) is 14.3 Å². The predicted molar refractivity (Wildman–Crippen MR) is 301 cm³/mol. The van der Waals surface area contributed by atoms with E-state index in [2.05, 4.69) is 38.2 Å². The first-order valence-electron chi connectivity index (χ1n) is 30.6. The number of phosphoric acid groups is 1. The number of unbranched alkanes of at least 4 members (excludes halogenated alkanes) is 40. The smallest absolute Gasteiger partial charge is 0.306 e. The molecule has 8 nitrogen and oxygen atoms in total. The Morgan fingerprint density at radius 2 is 0.786 bits per heavy atom. The maximum atomic E-state index is 12.8. The number of ether oxygens (including phenoxy) is 2. The Morgan fingerprint density at radius 3 is 1.16 bits per heavy atom. The molecule has 0 rings (SSSR count). The van der Waals surface area contributed by atoms with E-state index in [1.54, 1.807) is 0 Å². The van der Waals surface area contributed by atoms with E-state index in [1.807, 2.05) is 21.1 Å². The van der Waals surface area contributed by atoms with Gasteiger partial charge in [-0.15, -0.1) is 0 Å². The number of rotatable bonds is 58. The van der Waals surface area contributed by atoms with Gasteiger partial charge >= 0.3 is 5.97 Å². The van der Waals surface area contributed by atoms with Gasteiger partial charge in [-0.2, -0.15) is 0 Å². The zero-order valence-electron chi connectivity index (χ0n) is 47.5. The van der Waals surface area contributed by atoms with Gasteiger partial charge in [0.05, 0.1) is 34.4 Å². The minimum atomic E-state index is -4.53.